The van der Waals surface area contributed by atoms with Crippen molar-refractivity contribution in [1.29, 1.82) is 0 Å². The molecule has 0 aromatic heterocycles. The highest BCUT2D eigenvalue weighted by Crippen LogP contribution is 2.19. The molecule has 2 aliphatic rings. The lowest BCUT2D eigenvalue weighted by molar-refractivity contribution is -0.121. The third-order valence-electron chi connectivity index (χ3n) is 2.37. The Hall–Kier alpha value is -0.220. The van der Waals surface area contributed by atoms with Gasteiger partial charge in [-0.3, -0.25) is 4.79 Å². The Labute approximate surface area is 83.0 Å². The lowest BCUT2D eigenvalue weighted by Gasteiger charge is -2.22. The van der Waals surface area contributed by atoms with E-state index in [0.29, 0.717) is 18.5 Å². The van der Waals surface area contributed by atoms with E-state index in [2.05, 4.69) is 10.6 Å². The van der Waals surface area contributed by atoms with Crippen LogP contribution < -0.4 is 10.6 Å². The molecule has 3 nitrogen and oxygen atoms in total. The van der Waals surface area contributed by atoms with E-state index in [1.54, 1.807) is 0 Å². The Kier molecular flexibility index (Phi) is 3.11. The fourth-order valence-corrected chi connectivity index (χ4v) is 2.44. The minimum absolute atomic E-state index is 0.225. The number of rotatable bonds is 3. The molecular weight excluding hydrogens is 184 g/mol. The van der Waals surface area contributed by atoms with Crippen molar-refractivity contribution in [2.45, 2.75) is 31.3 Å². The molecule has 1 saturated carbocycles. The average molecular weight is 200 g/mol. The van der Waals surface area contributed by atoms with Crippen molar-refractivity contribution in [1.82, 2.24) is 10.6 Å². The van der Waals surface area contributed by atoms with E-state index in [1.807, 2.05) is 11.8 Å². The Balaban J connectivity index is 1.66. The number of amides is 1. The molecule has 74 valence electrons. The Morgan fingerprint density at radius 2 is 2.38 bits per heavy atom. The number of nitrogens with one attached hydrogen (secondary N) is 2. The van der Waals surface area contributed by atoms with E-state index in [0.717, 1.165) is 12.3 Å². The summed E-state index contributed by atoms with van der Waals surface area (Å²) in [6.45, 7) is 1.05. The molecule has 1 aliphatic heterocycles. The topological polar surface area (TPSA) is 41.1 Å². The molecular formula is C9H16N2OS. The molecule has 2 fully saturated rings. The molecule has 2 rings (SSSR count). The van der Waals surface area contributed by atoms with Gasteiger partial charge in [-0.1, -0.05) is 0 Å². The molecule has 1 unspecified atom stereocenters. The smallest absolute Gasteiger partial charge is 0.221 e. The molecule has 1 aliphatic carbocycles. The first-order valence-corrected chi connectivity index (χ1v) is 6.10. The minimum atomic E-state index is 0.225. The fraction of sp³-hybridized carbons (Fsp3) is 0.889. The quantitative estimate of drug-likeness (QED) is 0.691. The third kappa shape index (κ3) is 3.19. The number of carbonyl (C=O) groups excluding carboxylic acids is 1. The lowest BCUT2D eigenvalue weighted by atomic mass is 10.2. The van der Waals surface area contributed by atoms with Crippen molar-refractivity contribution < 1.29 is 4.79 Å². The maximum atomic E-state index is 11.4. The molecule has 0 radical (unpaired) electrons. The van der Waals surface area contributed by atoms with Crippen LogP contribution in [0, 0.1) is 0 Å². The van der Waals surface area contributed by atoms with Gasteiger partial charge < -0.3 is 10.6 Å². The van der Waals surface area contributed by atoms with E-state index >= 15 is 0 Å². The Bertz CT molecular complexity index is 188. The van der Waals surface area contributed by atoms with E-state index < -0.39 is 0 Å². The van der Waals surface area contributed by atoms with E-state index in [4.69, 9.17) is 0 Å². The van der Waals surface area contributed by atoms with Crippen LogP contribution in [0.2, 0.25) is 0 Å². The summed E-state index contributed by atoms with van der Waals surface area (Å²) >= 11 is 1.94. The highest BCUT2D eigenvalue weighted by molar-refractivity contribution is 7.99. The van der Waals surface area contributed by atoms with Crippen molar-refractivity contribution in [3.8, 4) is 0 Å². The maximum absolute atomic E-state index is 11.4. The first kappa shape index (κ1) is 9.34. The van der Waals surface area contributed by atoms with Crippen molar-refractivity contribution in [3.05, 3.63) is 0 Å². The van der Waals surface area contributed by atoms with Gasteiger partial charge in [0.25, 0.3) is 0 Å². The summed E-state index contributed by atoms with van der Waals surface area (Å²) in [5, 5.41) is 6.37. The van der Waals surface area contributed by atoms with Crippen LogP contribution in [0.3, 0.4) is 0 Å². The lowest BCUT2D eigenvalue weighted by Crippen LogP contribution is -2.41. The van der Waals surface area contributed by atoms with Gasteiger partial charge in [0, 0.05) is 36.6 Å². The van der Waals surface area contributed by atoms with Gasteiger partial charge in [0.1, 0.15) is 0 Å². The third-order valence-corrected chi connectivity index (χ3v) is 3.50. The predicted molar refractivity (Wildman–Crippen MR) is 54.9 cm³/mol. The summed E-state index contributed by atoms with van der Waals surface area (Å²) in [6.07, 6.45) is 3.01. The van der Waals surface area contributed by atoms with E-state index in [1.165, 1.54) is 18.6 Å². The van der Waals surface area contributed by atoms with Gasteiger partial charge in [-0.25, -0.2) is 0 Å². The van der Waals surface area contributed by atoms with Crippen molar-refractivity contribution in [2.75, 3.05) is 18.1 Å². The zero-order chi connectivity index (χ0) is 9.10. The first-order valence-electron chi connectivity index (χ1n) is 4.95. The zero-order valence-electron chi connectivity index (χ0n) is 7.71. The van der Waals surface area contributed by atoms with Crippen LogP contribution in [0.5, 0.6) is 0 Å². The number of hydrogen-bond donors (Lipinski definition) is 2. The van der Waals surface area contributed by atoms with Crippen molar-refractivity contribution >= 4 is 17.7 Å². The molecule has 0 spiro atoms. The van der Waals surface area contributed by atoms with Crippen LogP contribution in [-0.4, -0.2) is 36.0 Å². The summed E-state index contributed by atoms with van der Waals surface area (Å²) in [4.78, 5) is 11.4. The Morgan fingerprint density at radius 1 is 1.54 bits per heavy atom. The normalized spacial score (nSPS) is 28.5. The van der Waals surface area contributed by atoms with Crippen LogP contribution >= 0.6 is 11.8 Å². The number of thioether (sulfide) groups is 1. The summed E-state index contributed by atoms with van der Waals surface area (Å²) in [5.74, 6) is 2.49. The van der Waals surface area contributed by atoms with Gasteiger partial charge in [-0.05, 0) is 12.8 Å². The number of hydrogen-bond acceptors (Lipinski definition) is 3. The highest BCUT2D eigenvalue weighted by Gasteiger charge is 2.24. The van der Waals surface area contributed by atoms with Crippen LogP contribution in [-0.2, 0) is 4.79 Å². The second kappa shape index (κ2) is 4.33. The summed E-state index contributed by atoms with van der Waals surface area (Å²) < 4.78 is 0. The molecule has 13 heavy (non-hydrogen) atoms. The summed E-state index contributed by atoms with van der Waals surface area (Å²) in [6, 6.07) is 0.904. The fourth-order valence-electron chi connectivity index (χ4n) is 1.49. The van der Waals surface area contributed by atoms with Gasteiger partial charge in [0.2, 0.25) is 5.91 Å². The first-order chi connectivity index (χ1) is 6.34. The van der Waals surface area contributed by atoms with Gasteiger partial charge in [0.15, 0.2) is 0 Å². The van der Waals surface area contributed by atoms with Crippen LogP contribution in [0.25, 0.3) is 0 Å². The molecule has 0 aromatic carbocycles. The van der Waals surface area contributed by atoms with E-state index in [9.17, 15) is 4.79 Å². The second-order valence-electron chi connectivity index (χ2n) is 3.77. The van der Waals surface area contributed by atoms with Gasteiger partial charge in [-0.15, -0.1) is 0 Å². The highest BCUT2D eigenvalue weighted by atomic mass is 32.2. The molecule has 1 heterocycles. The molecule has 1 amide bonds. The second-order valence-corrected chi connectivity index (χ2v) is 4.92. The Morgan fingerprint density at radius 3 is 3.00 bits per heavy atom. The number of carbonyl (C=O) groups is 1. The zero-order valence-corrected chi connectivity index (χ0v) is 8.53. The van der Waals surface area contributed by atoms with Gasteiger partial charge >= 0.3 is 0 Å². The van der Waals surface area contributed by atoms with E-state index in [-0.39, 0.29) is 5.91 Å². The van der Waals surface area contributed by atoms with Crippen LogP contribution in [0.1, 0.15) is 19.3 Å². The molecule has 1 saturated heterocycles. The molecule has 1 atom stereocenters. The summed E-state index contributed by atoms with van der Waals surface area (Å²) in [7, 11) is 0. The van der Waals surface area contributed by atoms with Crippen molar-refractivity contribution in [2.24, 2.45) is 0 Å². The predicted octanol–water partition coefficient (Wildman–Crippen LogP) is 0.360. The summed E-state index contributed by atoms with van der Waals surface area (Å²) in [5.41, 5.74) is 0. The monoisotopic (exact) mass is 200 g/mol. The van der Waals surface area contributed by atoms with Gasteiger partial charge in [0.05, 0.1) is 0 Å². The largest absolute Gasteiger partial charge is 0.353 e. The maximum Gasteiger partial charge on any atom is 0.221 e. The molecule has 2 N–H and O–H groups in total. The minimum Gasteiger partial charge on any atom is -0.353 e. The molecule has 4 heteroatoms. The molecule has 0 bridgehead atoms. The average Bonchev–Trinajstić information content (AvgIpc) is 2.90. The van der Waals surface area contributed by atoms with Crippen molar-refractivity contribution in [3.63, 3.8) is 0 Å². The van der Waals surface area contributed by atoms with Crippen LogP contribution in [0.15, 0.2) is 0 Å². The SMILES string of the molecule is O=C(CC1CSCCN1)NC1CC1. The standard InChI is InChI=1S/C9H16N2OS/c12-9(11-7-1-2-7)5-8-6-13-4-3-10-8/h7-8,10H,1-6H2,(H,11,12). The van der Waals surface area contributed by atoms with Gasteiger partial charge in [-0.2, -0.15) is 11.8 Å². The molecule has 0 aromatic rings. The van der Waals surface area contributed by atoms with Crippen LogP contribution in [0.4, 0.5) is 0 Å².